The zero-order valence-corrected chi connectivity index (χ0v) is 15.0. The lowest BCUT2D eigenvalue weighted by atomic mass is 9.82. The van der Waals surface area contributed by atoms with E-state index in [0.717, 1.165) is 50.1 Å². The summed E-state index contributed by atoms with van der Waals surface area (Å²) in [6.45, 7) is 6.99. The first-order valence-corrected chi connectivity index (χ1v) is 9.21. The van der Waals surface area contributed by atoms with Crippen molar-refractivity contribution >= 4 is 5.97 Å². The monoisotopic (exact) mass is 333 g/mol. The predicted octanol–water partition coefficient (Wildman–Crippen LogP) is 3.74. The number of ether oxygens (including phenoxy) is 1. The lowest BCUT2D eigenvalue weighted by Gasteiger charge is -2.22. The smallest absolute Gasteiger partial charge is 0.307 e. The maximum absolute atomic E-state index is 11.8. The minimum absolute atomic E-state index is 0.253. The number of carboxylic acids is 1. The lowest BCUT2D eigenvalue weighted by molar-refractivity contribution is -0.143. The fraction of sp³-hybridized carbons (Fsp3) is 0.650. The highest BCUT2D eigenvalue weighted by molar-refractivity contribution is 5.70. The molecule has 4 heteroatoms. The van der Waals surface area contributed by atoms with Crippen LogP contribution in [0.4, 0.5) is 0 Å². The van der Waals surface area contributed by atoms with E-state index < -0.39 is 5.97 Å². The maximum Gasteiger partial charge on any atom is 0.307 e. The van der Waals surface area contributed by atoms with Crippen LogP contribution in [0.1, 0.15) is 45.1 Å². The van der Waals surface area contributed by atoms with Gasteiger partial charge in [0.25, 0.3) is 0 Å². The van der Waals surface area contributed by atoms with E-state index in [1.165, 1.54) is 0 Å². The Balaban J connectivity index is 1.99. The lowest BCUT2D eigenvalue weighted by Crippen LogP contribution is -2.26. The van der Waals surface area contributed by atoms with Crippen LogP contribution in [0.5, 0.6) is 5.75 Å². The van der Waals surface area contributed by atoms with Crippen LogP contribution in [0.25, 0.3) is 0 Å². The molecule has 1 fully saturated rings. The van der Waals surface area contributed by atoms with Gasteiger partial charge in [0.2, 0.25) is 0 Å². The Labute approximate surface area is 145 Å². The van der Waals surface area contributed by atoms with Gasteiger partial charge in [0.05, 0.1) is 12.5 Å². The summed E-state index contributed by atoms with van der Waals surface area (Å²) in [5.74, 6) is 0.736. The van der Waals surface area contributed by atoms with Crippen LogP contribution in [0, 0.1) is 17.8 Å². The van der Waals surface area contributed by atoms with Gasteiger partial charge >= 0.3 is 5.97 Å². The average molecular weight is 333 g/mol. The summed E-state index contributed by atoms with van der Waals surface area (Å²) in [5, 5.41) is 13.1. The second-order valence-corrected chi connectivity index (χ2v) is 7.27. The predicted molar refractivity (Wildman–Crippen MR) is 96.4 cm³/mol. The number of hydrogen-bond donors (Lipinski definition) is 2. The number of aliphatic carboxylic acids is 1. The van der Waals surface area contributed by atoms with Gasteiger partial charge in [-0.25, -0.2) is 0 Å². The molecule has 1 heterocycles. The quantitative estimate of drug-likeness (QED) is 0.761. The number of rotatable bonds is 8. The molecular weight excluding hydrogens is 302 g/mol. The van der Waals surface area contributed by atoms with Gasteiger partial charge in [-0.1, -0.05) is 26.0 Å². The fourth-order valence-electron chi connectivity index (χ4n) is 3.33. The van der Waals surface area contributed by atoms with E-state index in [2.05, 4.69) is 19.2 Å². The summed E-state index contributed by atoms with van der Waals surface area (Å²) in [6.07, 6.45) is 4.61. The van der Waals surface area contributed by atoms with Crippen LogP contribution >= 0.6 is 0 Å². The van der Waals surface area contributed by atoms with Gasteiger partial charge in [0.15, 0.2) is 0 Å². The molecule has 1 aromatic rings. The van der Waals surface area contributed by atoms with E-state index in [1.54, 1.807) is 0 Å². The first-order valence-electron chi connectivity index (χ1n) is 9.21. The van der Waals surface area contributed by atoms with Crippen molar-refractivity contribution in [2.45, 2.75) is 46.0 Å². The van der Waals surface area contributed by atoms with Crippen LogP contribution in [-0.2, 0) is 11.2 Å². The maximum atomic E-state index is 11.8. The zero-order valence-electron chi connectivity index (χ0n) is 15.0. The van der Waals surface area contributed by atoms with Crippen molar-refractivity contribution in [1.82, 2.24) is 5.32 Å². The summed E-state index contributed by atoms with van der Waals surface area (Å²) < 4.78 is 5.81. The summed E-state index contributed by atoms with van der Waals surface area (Å²) in [6, 6.07) is 7.94. The number of carbonyl (C=O) groups is 1. The van der Waals surface area contributed by atoms with Crippen LogP contribution in [0.3, 0.4) is 0 Å². The molecule has 0 amide bonds. The molecule has 0 spiro atoms. The Morgan fingerprint density at radius 2 is 2.17 bits per heavy atom. The summed E-state index contributed by atoms with van der Waals surface area (Å²) in [4.78, 5) is 11.8. The molecule has 1 aromatic carbocycles. The van der Waals surface area contributed by atoms with E-state index in [1.807, 2.05) is 24.3 Å². The first-order chi connectivity index (χ1) is 11.6. The van der Waals surface area contributed by atoms with Crippen LogP contribution < -0.4 is 10.1 Å². The molecule has 0 radical (unpaired) electrons. The molecule has 2 unspecified atom stereocenters. The minimum atomic E-state index is -0.673. The molecule has 24 heavy (non-hydrogen) atoms. The van der Waals surface area contributed by atoms with Crippen molar-refractivity contribution in [3.8, 4) is 5.75 Å². The standard InChI is InChI=1S/C20H31NO3/c1-15(2)9-12-24-18-7-3-5-16(13-18)14-19(20(22)23)17-6-4-10-21-11-8-17/h3,5,7,13,15,17,19,21H,4,6,8-12,14H2,1-2H3,(H,22,23). The van der Waals surface area contributed by atoms with Gasteiger partial charge in [-0.15, -0.1) is 0 Å². The van der Waals surface area contributed by atoms with Gasteiger partial charge < -0.3 is 15.2 Å². The first kappa shape index (κ1) is 18.8. The molecule has 134 valence electrons. The molecule has 1 aliphatic rings. The van der Waals surface area contributed by atoms with Crippen molar-refractivity contribution in [3.05, 3.63) is 29.8 Å². The highest BCUT2D eigenvalue weighted by atomic mass is 16.5. The molecule has 2 N–H and O–H groups in total. The molecule has 0 aromatic heterocycles. The molecule has 2 rings (SSSR count). The number of benzene rings is 1. The molecule has 0 bridgehead atoms. The van der Waals surface area contributed by atoms with Crippen molar-refractivity contribution < 1.29 is 14.6 Å². The molecule has 1 aliphatic heterocycles. The molecule has 1 saturated heterocycles. The number of nitrogens with one attached hydrogen (secondary N) is 1. The molecule has 4 nitrogen and oxygen atoms in total. The molecule has 0 saturated carbocycles. The van der Waals surface area contributed by atoms with Crippen molar-refractivity contribution in [1.29, 1.82) is 0 Å². The van der Waals surface area contributed by atoms with Gasteiger partial charge in [-0.3, -0.25) is 4.79 Å². The summed E-state index contributed by atoms with van der Waals surface area (Å²) >= 11 is 0. The fourth-order valence-corrected chi connectivity index (χ4v) is 3.33. The Hall–Kier alpha value is -1.55. The molecule has 2 atom stereocenters. The highest BCUT2D eigenvalue weighted by Gasteiger charge is 2.28. The van der Waals surface area contributed by atoms with Crippen molar-refractivity contribution in [3.63, 3.8) is 0 Å². The van der Waals surface area contributed by atoms with Crippen LogP contribution in [0.2, 0.25) is 0 Å². The Bertz CT molecular complexity index is 507. The van der Waals surface area contributed by atoms with Crippen LogP contribution in [-0.4, -0.2) is 30.8 Å². The average Bonchev–Trinajstić information content (AvgIpc) is 2.81. The van der Waals surface area contributed by atoms with E-state index in [-0.39, 0.29) is 11.8 Å². The summed E-state index contributed by atoms with van der Waals surface area (Å²) in [7, 11) is 0. The van der Waals surface area contributed by atoms with E-state index in [0.29, 0.717) is 18.9 Å². The van der Waals surface area contributed by atoms with E-state index in [4.69, 9.17) is 4.74 Å². The SMILES string of the molecule is CC(C)CCOc1cccc(CC(C(=O)O)C2CCCNCC2)c1. The third-order valence-corrected chi connectivity index (χ3v) is 4.82. The largest absolute Gasteiger partial charge is 0.494 e. The molecule has 0 aliphatic carbocycles. The second-order valence-electron chi connectivity index (χ2n) is 7.27. The van der Waals surface area contributed by atoms with Gasteiger partial charge in [-0.05, 0) is 74.7 Å². The minimum Gasteiger partial charge on any atom is -0.494 e. The third kappa shape index (κ3) is 6.16. The van der Waals surface area contributed by atoms with Crippen LogP contribution in [0.15, 0.2) is 24.3 Å². The Morgan fingerprint density at radius 3 is 2.92 bits per heavy atom. The van der Waals surface area contributed by atoms with E-state index >= 15 is 0 Å². The number of carboxylic acid groups (broad SMARTS) is 1. The topological polar surface area (TPSA) is 58.6 Å². The Morgan fingerprint density at radius 1 is 1.33 bits per heavy atom. The second kappa shape index (κ2) is 9.67. The van der Waals surface area contributed by atoms with E-state index in [9.17, 15) is 9.90 Å². The Kier molecular flexibility index (Phi) is 7.57. The van der Waals surface area contributed by atoms with Crippen molar-refractivity contribution in [2.24, 2.45) is 17.8 Å². The van der Waals surface area contributed by atoms with Gasteiger partial charge in [0, 0.05) is 0 Å². The normalized spacial score (nSPS) is 19.7. The number of hydrogen-bond acceptors (Lipinski definition) is 3. The van der Waals surface area contributed by atoms with Crippen molar-refractivity contribution in [2.75, 3.05) is 19.7 Å². The summed E-state index contributed by atoms with van der Waals surface area (Å²) in [5.41, 5.74) is 1.06. The highest BCUT2D eigenvalue weighted by Crippen LogP contribution is 2.27. The molecular formula is C20H31NO3. The zero-order chi connectivity index (χ0) is 17.4. The van der Waals surface area contributed by atoms with Gasteiger partial charge in [-0.2, -0.15) is 0 Å². The van der Waals surface area contributed by atoms with Gasteiger partial charge in [0.1, 0.15) is 5.75 Å². The third-order valence-electron chi connectivity index (χ3n) is 4.82.